The minimum atomic E-state index is -5.11. The van der Waals surface area contributed by atoms with Gasteiger partial charge in [-0.15, -0.1) is 0 Å². The monoisotopic (exact) mass is 318 g/mol. The molecular formula is C11H9F7N2O. The van der Waals surface area contributed by atoms with Crippen LogP contribution < -0.4 is 11.1 Å². The average Bonchev–Trinajstić information content (AvgIpc) is 2.28. The molecule has 118 valence electrons. The summed E-state index contributed by atoms with van der Waals surface area (Å²) in [5.41, 5.74) is -0.875. The zero-order chi connectivity index (χ0) is 16.6. The minimum absolute atomic E-state index is 0.180. The summed E-state index contributed by atoms with van der Waals surface area (Å²) in [6.07, 6.45) is -10.2. The van der Waals surface area contributed by atoms with Crippen molar-refractivity contribution < 1.29 is 35.5 Å². The number of rotatable bonds is 2. The van der Waals surface area contributed by atoms with Crippen LogP contribution >= 0.6 is 0 Å². The van der Waals surface area contributed by atoms with Crippen molar-refractivity contribution >= 4 is 11.6 Å². The molecule has 3 N–H and O–H groups in total. The van der Waals surface area contributed by atoms with E-state index in [2.05, 4.69) is 0 Å². The Balaban J connectivity index is 3.08. The number of hydrogen-bond acceptors (Lipinski definition) is 2. The van der Waals surface area contributed by atoms with Crippen molar-refractivity contribution in [3.63, 3.8) is 0 Å². The van der Waals surface area contributed by atoms with E-state index in [1.54, 1.807) is 5.32 Å². The second-order valence-electron chi connectivity index (χ2n) is 4.35. The van der Waals surface area contributed by atoms with Gasteiger partial charge in [-0.1, -0.05) is 0 Å². The first-order valence-electron chi connectivity index (χ1n) is 5.30. The molecule has 1 aromatic rings. The van der Waals surface area contributed by atoms with Crippen LogP contribution in [-0.2, 0) is 11.0 Å². The van der Waals surface area contributed by atoms with Gasteiger partial charge in [-0.25, -0.2) is 4.39 Å². The standard InChI is InChI=1S/C11H9F7N2O/c1-9(19,11(16,17)18)8(21)20-5-2-3-7(12)6(4-5)10(13,14)15/h2-4H,19H2,1H3,(H,20,21). The minimum Gasteiger partial charge on any atom is -0.324 e. The van der Waals surface area contributed by atoms with Crippen molar-refractivity contribution in [2.75, 3.05) is 5.32 Å². The number of benzene rings is 1. The third-order valence-electron chi connectivity index (χ3n) is 2.59. The Bertz CT molecular complexity index is 548. The summed E-state index contributed by atoms with van der Waals surface area (Å²) in [7, 11) is 0. The maximum atomic E-state index is 13.0. The van der Waals surface area contributed by atoms with Gasteiger partial charge < -0.3 is 11.1 Å². The number of carbonyl (C=O) groups excluding carboxylic acids is 1. The summed E-state index contributed by atoms with van der Waals surface area (Å²) < 4.78 is 87.8. The van der Waals surface area contributed by atoms with E-state index in [1.807, 2.05) is 0 Å². The summed E-state index contributed by atoms with van der Waals surface area (Å²) in [6, 6.07) is 1.24. The highest BCUT2D eigenvalue weighted by Crippen LogP contribution is 2.34. The Morgan fingerprint density at radius 3 is 2.10 bits per heavy atom. The van der Waals surface area contributed by atoms with E-state index in [0.29, 0.717) is 19.1 Å². The molecule has 0 fully saturated rings. The lowest BCUT2D eigenvalue weighted by atomic mass is 10.0. The third-order valence-corrected chi connectivity index (χ3v) is 2.59. The third kappa shape index (κ3) is 3.63. The van der Waals surface area contributed by atoms with Gasteiger partial charge in [0.2, 0.25) is 0 Å². The predicted molar refractivity (Wildman–Crippen MR) is 58.7 cm³/mol. The van der Waals surface area contributed by atoms with Crippen LogP contribution in [0.2, 0.25) is 0 Å². The first kappa shape index (κ1) is 17.2. The zero-order valence-corrected chi connectivity index (χ0v) is 10.4. The fraction of sp³-hybridized carbons (Fsp3) is 0.364. The van der Waals surface area contributed by atoms with Crippen molar-refractivity contribution in [1.29, 1.82) is 0 Å². The van der Waals surface area contributed by atoms with Gasteiger partial charge in [-0.2, -0.15) is 26.3 Å². The van der Waals surface area contributed by atoms with E-state index >= 15 is 0 Å². The topological polar surface area (TPSA) is 55.1 Å². The Morgan fingerprint density at radius 1 is 1.14 bits per heavy atom. The summed E-state index contributed by atoms with van der Waals surface area (Å²) >= 11 is 0. The van der Waals surface area contributed by atoms with Crippen molar-refractivity contribution in [2.24, 2.45) is 5.73 Å². The molecule has 0 spiro atoms. The molecule has 0 saturated carbocycles. The number of nitrogens with one attached hydrogen (secondary N) is 1. The van der Waals surface area contributed by atoms with E-state index in [9.17, 15) is 35.5 Å². The Hall–Kier alpha value is -1.84. The molecule has 1 atom stereocenters. The van der Waals surface area contributed by atoms with Crippen LogP contribution in [0.5, 0.6) is 0 Å². The molecule has 1 rings (SSSR count). The predicted octanol–water partition coefficient (Wildman–Crippen LogP) is 3.06. The van der Waals surface area contributed by atoms with Crippen LogP contribution in [0.1, 0.15) is 12.5 Å². The number of hydrogen-bond donors (Lipinski definition) is 2. The van der Waals surface area contributed by atoms with E-state index in [1.165, 1.54) is 0 Å². The molecule has 1 unspecified atom stereocenters. The number of carbonyl (C=O) groups is 1. The molecule has 0 saturated heterocycles. The highest BCUT2D eigenvalue weighted by molar-refractivity contribution is 5.98. The van der Waals surface area contributed by atoms with Crippen molar-refractivity contribution in [2.45, 2.75) is 24.8 Å². The van der Waals surface area contributed by atoms with E-state index in [0.717, 1.165) is 0 Å². The molecule has 0 aromatic heterocycles. The second-order valence-corrected chi connectivity index (χ2v) is 4.35. The SMILES string of the molecule is CC(N)(C(=O)Nc1ccc(F)c(C(F)(F)F)c1)C(F)(F)F. The lowest BCUT2D eigenvalue weighted by molar-refractivity contribution is -0.184. The summed E-state index contributed by atoms with van der Waals surface area (Å²) in [4.78, 5) is 11.4. The number of alkyl halides is 6. The summed E-state index contributed by atoms with van der Waals surface area (Å²) in [5, 5.41) is 1.58. The molecule has 1 amide bonds. The fourth-order valence-electron chi connectivity index (χ4n) is 1.21. The molecular weight excluding hydrogens is 309 g/mol. The highest BCUT2D eigenvalue weighted by atomic mass is 19.4. The number of anilines is 1. The maximum absolute atomic E-state index is 13.0. The molecule has 0 bridgehead atoms. The van der Waals surface area contributed by atoms with Crippen LogP contribution in [0.3, 0.4) is 0 Å². The number of amides is 1. The lowest BCUT2D eigenvalue weighted by Gasteiger charge is -2.26. The van der Waals surface area contributed by atoms with Crippen molar-refractivity contribution in [3.05, 3.63) is 29.6 Å². The van der Waals surface area contributed by atoms with Gasteiger partial charge in [0.15, 0.2) is 5.54 Å². The van der Waals surface area contributed by atoms with Crippen LogP contribution in [0.4, 0.5) is 36.4 Å². The molecule has 3 nitrogen and oxygen atoms in total. The smallest absolute Gasteiger partial charge is 0.324 e. The van der Waals surface area contributed by atoms with Gasteiger partial charge in [-0.05, 0) is 25.1 Å². The van der Waals surface area contributed by atoms with Gasteiger partial charge in [0.05, 0.1) is 5.56 Å². The van der Waals surface area contributed by atoms with E-state index in [4.69, 9.17) is 5.73 Å². The van der Waals surface area contributed by atoms with E-state index < -0.39 is 40.9 Å². The van der Waals surface area contributed by atoms with Gasteiger partial charge in [0.1, 0.15) is 5.82 Å². The first-order valence-corrected chi connectivity index (χ1v) is 5.30. The summed E-state index contributed by atoms with van der Waals surface area (Å²) in [6.45, 7) is 0.358. The van der Waals surface area contributed by atoms with Crippen LogP contribution in [0.25, 0.3) is 0 Å². The molecule has 0 aliphatic carbocycles. The van der Waals surface area contributed by atoms with Crippen molar-refractivity contribution in [3.8, 4) is 0 Å². The molecule has 1 aromatic carbocycles. The van der Waals surface area contributed by atoms with Crippen LogP contribution in [-0.4, -0.2) is 17.6 Å². The van der Waals surface area contributed by atoms with Gasteiger partial charge in [0.25, 0.3) is 5.91 Å². The number of halogens is 7. The van der Waals surface area contributed by atoms with Gasteiger partial charge >= 0.3 is 12.4 Å². The van der Waals surface area contributed by atoms with Crippen LogP contribution in [0.15, 0.2) is 18.2 Å². The Kier molecular flexibility index (Phi) is 4.24. The normalized spacial score (nSPS) is 15.5. The van der Waals surface area contributed by atoms with Gasteiger partial charge in [0, 0.05) is 5.69 Å². The molecule has 0 aliphatic rings. The van der Waals surface area contributed by atoms with Gasteiger partial charge in [-0.3, -0.25) is 4.79 Å². The Labute approximate surface area is 113 Å². The second kappa shape index (κ2) is 5.17. The van der Waals surface area contributed by atoms with E-state index in [-0.39, 0.29) is 6.07 Å². The molecule has 21 heavy (non-hydrogen) atoms. The molecule has 10 heteroatoms. The maximum Gasteiger partial charge on any atom is 0.419 e. The largest absolute Gasteiger partial charge is 0.419 e. The fourth-order valence-corrected chi connectivity index (χ4v) is 1.21. The molecule has 0 aliphatic heterocycles. The first-order chi connectivity index (χ1) is 9.26. The van der Waals surface area contributed by atoms with Crippen molar-refractivity contribution in [1.82, 2.24) is 0 Å². The molecule has 0 radical (unpaired) electrons. The Morgan fingerprint density at radius 2 is 1.67 bits per heavy atom. The summed E-state index contributed by atoms with van der Waals surface area (Å²) in [5.74, 6) is -3.39. The average molecular weight is 318 g/mol. The quantitative estimate of drug-likeness (QED) is 0.824. The van der Waals surface area contributed by atoms with Crippen LogP contribution in [0, 0.1) is 5.82 Å². The number of nitrogens with two attached hydrogens (primary N) is 1. The highest BCUT2D eigenvalue weighted by Gasteiger charge is 2.54. The zero-order valence-electron chi connectivity index (χ0n) is 10.4. The lowest BCUT2D eigenvalue weighted by Crippen LogP contribution is -2.59. The molecule has 0 heterocycles.